The van der Waals surface area contributed by atoms with Crippen LogP contribution in [0.3, 0.4) is 0 Å². The molecule has 0 atom stereocenters. The van der Waals surface area contributed by atoms with Crippen molar-refractivity contribution in [2.45, 2.75) is 18.6 Å². The zero-order chi connectivity index (χ0) is 16.1. The van der Waals surface area contributed by atoms with Gasteiger partial charge in [-0.05, 0) is 13.0 Å². The molecule has 1 aliphatic heterocycles. The highest BCUT2D eigenvalue weighted by Crippen LogP contribution is 2.16. The van der Waals surface area contributed by atoms with Crippen molar-refractivity contribution in [3.05, 3.63) is 24.8 Å². The quantitative estimate of drug-likeness (QED) is 0.738. The Bertz CT molecular complexity index is 640. The number of hydrogen-bond donors (Lipinski definition) is 0. The highest BCUT2D eigenvalue weighted by molar-refractivity contribution is 7.99. The second-order valence-electron chi connectivity index (χ2n) is 5.10. The van der Waals surface area contributed by atoms with Gasteiger partial charge in [0.2, 0.25) is 11.9 Å². The molecule has 3 rings (SSSR count). The molecule has 23 heavy (non-hydrogen) atoms. The smallest absolute Gasteiger partial charge is 0.233 e. The fraction of sp³-hybridized carbons (Fsp3) is 0.500. The van der Waals surface area contributed by atoms with Gasteiger partial charge in [0.15, 0.2) is 5.16 Å². The van der Waals surface area contributed by atoms with Gasteiger partial charge in [-0.2, -0.15) is 0 Å². The van der Waals surface area contributed by atoms with E-state index in [9.17, 15) is 4.79 Å². The molecule has 1 amide bonds. The summed E-state index contributed by atoms with van der Waals surface area (Å²) in [5.41, 5.74) is 0. The van der Waals surface area contributed by atoms with E-state index in [2.05, 4.69) is 25.1 Å². The molecule has 0 spiro atoms. The third kappa shape index (κ3) is 3.79. The first-order valence-corrected chi connectivity index (χ1v) is 8.57. The zero-order valence-electron chi connectivity index (χ0n) is 13.0. The van der Waals surface area contributed by atoms with Crippen LogP contribution in [0.4, 0.5) is 5.95 Å². The highest BCUT2D eigenvalue weighted by Gasteiger charge is 2.22. The summed E-state index contributed by atoms with van der Waals surface area (Å²) in [6.07, 6.45) is 5.16. The van der Waals surface area contributed by atoms with Gasteiger partial charge in [0.1, 0.15) is 6.33 Å². The Morgan fingerprint density at radius 2 is 1.96 bits per heavy atom. The minimum Gasteiger partial charge on any atom is -0.338 e. The second kappa shape index (κ2) is 7.40. The first-order chi connectivity index (χ1) is 11.3. The Labute approximate surface area is 138 Å². The number of aromatic nitrogens is 5. The lowest BCUT2D eigenvalue weighted by molar-refractivity contribution is -0.128. The van der Waals surface area contributed by atoms with E-state index in [1.807, 2.05) is 16.4 Å². The lowest BCUT2D eigenvalue weighted by Crippen LogP contribution is -2.49. The summed E-state index contributed by atoms with van der Waals surface area (Å²) in [7, 11) is 0. The van der Waals surface area contributed by atoms with Crippen LogP contribution < -0.4 is 4.90 Å². The third-order valence-electron chi connectivity index (χ3n) is 3.71. The summed E-state index contributed by atoms with van der Waals surface area (Å²) in [5, 5.41) is 8.70. The molecule has 0 aromatic carbocycles. The van der Waals surface area contributed by atoms with Crippen molar-refractivity contribution >= 4 is 23.6 Å². The van der Waals surface area contributed by atoms with Gasteiger partial charge in [-0.3, -0.25) is 4.79 Å². The average Bonchev–Trinajstić information content (AvgIpc) is 3.08. The summed E-state index contributed by atoms with van der Waals surface area (Å²) < 4.78 is 1.93. The van der Waals surface area contributed by atoms with E-state index >= 15 is 0 Å². The summed E-state index contributed by atoms with van der Waals surface area (Å²) >= 11 is 1.44. The SMILES string of the molecule is CCn1cnnc1SCC(=O)N1CCN(c2ncccn2)CC1. The van der Waals surface area contributed by atoms with Gasteiger partial charge in [0, 0.05) is 45.1 Å². The lowest BCUT2D eigenvalue weighted by atomic mass is 10.3. The molecule has 1 saturated heterocycles. The van der Waals surface area contributed by atoms with Crippen LogP contribution in [0.2, 0.25) is 0 Å². The Morgan fingerprint density at radius 1 is 1.22 bits per heavy atom. The molecule has 0 unspecified atom stereocenters. The van der Waals surface area contributed by atoms with Crippen molar-refractivity contribution in [3.8, 4) is 0 Å². The van der Waals surface area contributed by atoms with Crippen LogP contribution in [-0.4, -0.2) is 67.5 Å². The van der Waals surface area contributed by atoms with Crippen LogP contribution in [-0.2, 0) is 11.3 Å². The van der Waals surface area contributed by atoms with Gasteiger partial charge >= 0.3 is 0 Å². The normalized spacial score (nSPS) is 15.0. The van der Waals surface area contributed by atoms with Crippen LogP contribution in [0, 0.1) is 0 Å². The molecule has 3 heterocycles. The number of anilines is 1. The second-order valence-corrected chi connectivity index (χ2v) is 6.05. The molecule has 0 aliphatic carbocycles. The number of rotatable bonds is 5. The third-order valence-corrected chi connectivity index (χ3v) is 4.68. The molecule has 1 fully saturated rings. The molecule has 0 bridgehead atoms. The minimum atomic E-state index is 0.134. The molecule has 2 aromatic heterocycles. The molecule has 8 nitrogen and oxygen atoms in total. The van der Waals surface area contributed by atoms with Gasteiger partial charge in [0.05, 0.1) is 5.75 Å². The Kier molecular flexibility index (Phi) is 5.06. The number of aryl methyl sites for hydroxylation is 1. The molecular formula is C14H19N7OS. The van der Waals surface area contributed by atoms with Crippen molar-refractivity contribution in [2.24, 2.45) is 0 Å². The number of hydrogen-bond acceptors (Lipinski definition) is 7. The Balaban J connectivity index is 1.48. The van der Waals surface area contributed by atoms with E-state index in [0.717, 1.165) is 30.7 Å². The van der Waals surface area contributed by atoms with Crippen molar-refractivity contribution in [3.63, 3.8) is 0 Å². The van der Waals surface area contributed by atoms with E-state index < -0.39 is 0 Å². The first-order valence-electron chi connectivity index (χ1n) is 7.58. The number of carbonyl (C=O) groups excluding carboxylic acids is 1. The van der Waals surface area contributed by atoms with E-state index in [4.69, 9.17) is 0 Å². The maximum Gasteiger partial charge on any atom is 0.233 e. The van der Waals surface area contributed by atoms with Crippen LogP contribution in [0.15, 0.2) is 29.9 Å². The van der Waals surface area contributed by atoms with Gasteiger partial charge < -0.3 is 14.4 Å². The molecular weight excluding hydrogens is 314 g/mol. The monoisotopic (exact) mass is 333 g/mol. The van der Waals surface area contributed by atoms with E-state index in [1.165, 1.54) is 11.8 Å². The molecule has 0 saturated carbocycles. The molecule has 0 N–H and O–H groups in total. The number of nitrogens with zero attached hydrogens (tertiary/aromatic N) is 7. The predicted molar refractivity (Wildman–Crippen MR) is 87.2 cm³/mol. The van der Waals surface area contributed by atoms with Crippen molar-refractivity contribution in [1.82, 2.24) is 29.6 Å². The topological polar surface area (TPSA) is 80.0 Å². The highest BCUT2D eigenvalue weighted by atomic mass is 32.2. The Hall–Kier alpha value is -2.16. The van der Waals surface area contributed by atoms with Crippen LogP contribution in [0.1, 0.15) is 6.92 Å². The largest absolute Gasteiger partial charge is 0.338 e. The number of piperazine rings is 1. The van der Waals surface area contributed by atoms with Gasteiger partial charge in [-0.1, -0.05) is 11.8 Å². The standard InChI is InChI=1S/C14H19N7OS/c1-2-19-11-17-18-14(19)23-10-12(22)20-6-8-21(9-7-20)13-15-4-3-5-16-13/h3-5,11H,2,6-10H2,1H3. The first kappa shape index (κ1) is 15.7. The van der Waals surface area contributed by atoms with E-state index in [1.54, 1.807) is 24.8 Å². The fourth-order valence-electron chi connectivity index (χ4n) is 2.40. The Morgan fingerprint density at radius 3 is 2.65 bits per heavy atom. The molecule has 9 heteroatoms. The predicted octanol–water partition coefficient (Wildman–Crippen LogP) is 0.529. The van der Waals surface area contributed by atoms with Crippen molar-refractivity contribution < 1.29 is 4.79 Å². The number of amides is 1. The van der Waals surface area contributed by atoms with Crippen LogP contribution in [0.5, 0.6) is 0 Å². The summed E-state index contributed by atoms with van der Waals surface area (Å²) in [6.45, 7) is 5.73. The lowest BCUT2D eigenvalue weighted by Gasteiger charge is -2.34. The number of thioether (sulfide) groups is 1. The van der Waals surface area contributed by atoms with Gasteiger partial charge in [0.25, 0.3) is 0 Å². The fourth-order valence-corrected chi connectivity index (χ4v) is 3.28. The van der Waals surface area contributed by atoms with E-state index in [-0.39, 0.29) is 5.91 Å². The summed E-state index contributed by atoms with van der Waals surface area (Å²) in [6, 6.07) is 1.80. The zero-order valence-corrected chi connectivity index (χ0v) is 13.8. The molecule has 0 radical (unpaired) electrons. The molecule has 122 valence electrons. The van der Waals surface area contributed by atoms with Crippen LogP contribution >= 0.6 is 11.8 Å². The van der Waals surface area contributed by atoms with Crippen LogP contribution in [0.25, 0.3) is 0 Å². The number of carbonyl (C=O) groups is 1. The summed E-state index contributed by atoms with van der Waals surface area (Å²) in [4.78, 5) is 24.8. The maximum absolute atomic E-state index is 12.3. The van der Waals surface area contributed by atoms with Crippen molar-refractivity contribution in [1.29, 1.82) is 0 Å². The maximum atomic E-state index is 12.3. The van der Waals surface area contributed by atoms with Crippen molar-refractivity contribution in [2.75, 3.05) is 36.8 Å². The molecule has 1 aliphatic rings. The molecule has 2 aromatic rings. The average molecular weight is 333 g/mol. The summed E-state index contributed by atoms with van der Waals surface area (Å²) in [5.74, 6) is 1.25. The van der Waals surface area contributed by atoms with Gasteiger partial charge in [-0.15, -0.1) is 10.2 Å². The van der Waals surface area contributed by atoms with Gasteiger partial charge in [-0.25, -0.2) is 9.97 Å². The minimum absolute atomic E-state index is 0.134. The van der Waals surface area contributed by atoms with E-state index in [0.29, 0.717) is 18.8 Å².